The van der Waals surface area contributed by atoms with Crippen LogP contribution in [0.25, 0.3) is 0 Å². The average Bonchev–Trinajstić information content (AvgIpc) is 3.41. The number of hydrogen-bond donors (Lipinski definition) is 3. The molecule has 4 atom stereocenters. The summed E-state index contributed by atoms with van der Waals surface area (Å²) in [5.41, 5.74) is 5.82. The van der Waals surface area contributed by atoms with Crippen molar-refractivity contribution in [3.05, 3.63) is 35.2 Å². The standard InChI is InChI=1S/C24H37N7O2/c1-5-18-8-9-21(26-11-18)23(32)27-16(3)20-14-31(17(4)22(20)28-25)24(33)30-13-19-7-6-10-29(19)12-15(30)2/h8,11,15,17,19,21,28H,3,5-7,9-10,12-14,25H2,1-2,4H3,(H,27,32)/t15-,17?,19-,21?/m0/s1. The number of urea groups is 1. The predicted molar refractivity (Wildman–Crippen MR) is 129 cm³/mol. The van der Waals surface area contributed by atoms with Crippen LogP contribution in [0.2, 0.25) is 0 Å². The minimum atomic E-state index is -0.466. The summed E-state index contributed by atoms with van der Waals surface area (Å²) in [6.45, 7) is 13.4. The van der Waals surface area contributed by atoms with Crippen LogP contribution < -0.4 is 16.6 Å². The molecule has 0 saturated carbocycles. The van der Waals surface area contributed by atoms with E-state index in [1.54, 1.807) is 6.21 Å². The zero-order valence-electron chi connectivity index (χ0n) is 20.0. The van der Waals surface area contributed by atoms with Crippen molar-refractivity contribution in [2.24, 2.45) is 10.8 Å². The number of dihydropyridines is 1. The van der Waals surface area contributed by atoms with Crippen LogP contribution in [0, 0.1) is 0 Å². The molecule has 9 nitrogen and oxygen atoms in total. The van der Waals surface area contributed by atoms with E-state index in [4.69, 9.17) is 5.84 Å². The molecule has 0 aromatic rings. The third-order valence-electron chi connectivity index (χ3n) is 7.50. The third-order valence-corrected chi connectivity index (χ3v) is 7.50. The van der Waals surface area contributed by atoms with Gasteiger partial charge in [0, 0.05) is 42.7 Å². The summed E-state index contributed by atoms with van der Waals surface area (Å²) in [7, 11) is 0. The van der Waals surface area contributed by atoms with Crippen molar-refractivity contribution in [1.29, 1.82) is 0 Å². The van der Waals surface area contributed by atoms with Gasteiger partial charge in [-0.25, -0.2) is 4.79 Å². The molecule has 4 aliphatic rings. The van der Waals surface area contributed by atoms with E-state index in [2.05, 4.69) is 47.1 Å². The van der Waals surface area contributed by atoms with Gasteiger partial charge in [0.1, 0.15) is 6.04 Å². The predicted octanol–water partition coefficient (Wildman–Crippen LogP) is 1.51. The number of fused-ring (bicyclic) bond motifs is 1. The average molecular weight is 456 g/mol. The number of allylic oxidation sites excluding steroid dienone is 1. The second-order valence-electron chi connectivity index (χ2n) is 9.55. The number of aliphatic imine (C=N–C) groups is 1. The van der Waals surface area contributed by atoms with Crippen molar-refractivity contribution in [1.82, 2.24) is 25.4 Å². The lowest BCUT2D eigenvalue weighted by Crippen LogP contribution is -2.60. The molecule has 2 unspecified atom stereocenters. The molecule has 0 bridgehead atoms. The van der Waals surface area contributed by atoms with Crippen molar-refractivity contribution < 1.29 is 9.59 Å². The molecule has 4 heterocycles. The van der Waals surface area contributed by atoms with E-state index < -0.39 is 6.04 Å². The van der Waals surface area contributed by atoms with Crippen molar-refractivity contribution in [2.45, 2.75) is 70.6 Å². The molecule has 2 fully saturated rings. The van der Waals surface area contributed by atoms with Gasteiger partial charge in [-0.1, -0.05) is 19.6 Å². The van der Waals surface area contributed by atoms with Crippen LogP contribution in [0.5, 0.6) is 0 Å². The van der Waals surface area contributed by atoms with Gasteiger partial charge in [0.05, 0.1) is 18.3 Å². The van der Waals surface area contributed by atoms with Gasteiger partial charge in [0.25, 0.3) is 0 Å². The molecule has 0 aromatic carbocycles. The van der Waals surface area contributed by atoms with Crippen molar-refractivity contribution in [3.8, 4) is 0 Å². The zero-order chi connectivity index (χ0) is 23.7. The molecular weight excluding hydrogens is 418 g/mol. The molecule has 180 valence electrons. The number of hydrogen-bond acceptors (Lipinski definition) is 6. The molecule has 9 heteroatoms. The Hall–Kier alpha value is -2.65. The van der Waals surface area contributed by atoms with Gasteiger partial charge in [-0.15, -0.1) is 0 Å². The lowest BCUT2D eigenvalue weighted by molar-refractivity contribution is -0.121. The lowest BCUT2D eigenvalue weighted by Gasteiger charge is -2.44. The highest BCUT2D eigenvalue weighted by atomic mass is 16.2. The molecule has 0 aliphatic carbocycles. The van der Waals surface area contributed by atoms with Crippen LogP contribution in [-0.4, -0.2) is 83.2 Å². The molecule has 0 aromatic heterocycles. The van der Waals surface area contributed by atoms with Gasteiger partial charge in [-0.2, -0.15) is 0 Å². The first-order valence-electron chi connectivity index (χ1n) is 12.1. The van der Waals surface area contributed by atoms with Crippen LogP contribution in [0.1, 0.15) is 46.5 Å². The lowest BCUT2D eigenvalue weighted by atomic mass is 10.1. The number of amides is 3. The molecule has 3 amide bonds. The van der Waals surface area contributed by atoms with E-state index in [1.165, 1.54) is 6.42 Å². The van der Waals surface area contributed by atoms with Crippen LogP contribution in [0.3, 0.4) is 0 Å². The summed E-state index contributed by atoms with van der Waals surface area (Å²) in [4.78, 5) is 37.0. The number of rotatable bonds is 5. The second-order valence-corrected chi connectivity index (χ2v) is 9.55. The molecular formula is C24H37N7O2. The van der Waals surface area contributed by atoms with Crippen molar-refractivity contribution >= 4 is 18.2 Å². The van der Waals surface area contributed by atoms with Gasteiger partial charge in [-0.3, -0.25) is 20.5 Å². The second kappa shape index (κ2) is 9.69. The number of nitrogens with zero attached hydrogens (tertiary/aromatic N) is 4. The number of nitrogens with one attached hydrogen (secondary N) is 2. The van der Waals surface area contributed by atoms with E-state index in [-0.39, 0.29) is 24.0 Å². The van der Waals surface area contributed by atoms with Gasteiger partial charge < -0.3 is 20.5 Å². The first-order chi connectivity index (χ1) is 15.8. The molecule has 0 spiro atoms. The van der Waals surface area contributed by atoms with E-state index >= 15 is 0 Å². The van der Waals surface area contributed by atoms with Crippen LogP contribution >= 0.6 is 0 Å². The number of carbonyl (C=O) groups is 2. The number of hydrazine groups is 1. The topological polar surface area (TPSA) is 106 Å². The third kappa shape index (κ3) is 4.56. The van der Waals surface area contributed by atoms with E-state index in [0.29, 0.717) is 30.4 Å². The fraction of sp³-hybridized carbons (Fsp3) is 0.625. The monoisotopic (exact) mass is 455 g/mol. The minimum absolute atomic E-state index is 0.0116. The highest BCUT2D eigenvalue weighted by molar-refractivity contribution is 5.89. The zero-order valence-corrected chi connectivity index (χ0v) is 20.0. The Morgan fingerprint density at radius 3 is 2.73 bits per heavy atom. The summed E-state index contributed by atoms with van der Waals surface area (Å²) in [6, 6.07) is -0.0759. The molecule has 4 aliphatic heterocycles. The maximum atomic E-state index is 13.6. The Kier molecular flexibility index (Phi) is 6.90. The SMILES string of the molecule is C=C(NC(=O)C1CC=C(CC)C=N1)C1=C(NN)C(C)N(C(=O)N2C[C@@H]3CCCN3C[C@@H]2C)C1. The van der Waals surface area contributed by atoms with Crippen LogP contribution in [-0.2, 0) is 4.79 Å². The van der Waals surface area contributed by atoms with E-state index in [1.807, 2.05) is 16.7 Å². The fourth-order valence-electron chi connectivity index (χ4n) is 5.40. The summed E-state index contributed by atoms with van der Waals surface area (Å²) in [5, 5.41) is 2.90. The van der Waals surface area contributed by atoms with Gasteiger partial charge in [0.15, 0.2) is 0 Å². The first kappa shape index (κ1) is 23.5. The first-order valence-corrected chi connectivity index (χ1v) is 12.1. The summed E-state index contributed by atoms with van der Waals surface area (Å²) in [6.07, 6.45) is 7.64. The summed E-state index contributed by atoms with van der Waals surface area (Å²) in [5.74, 6) is 5.64. The van der Waals surface area contributed by atoms with Crippen LogP contribution in [0.15, 0.2) is 40.2 Å². The number of nitrogens with two attached hydrogens (primary N) is 1. The molecule has 4 N–H and O–H groups in total. The highest BCUT2D eigenvalue weighted by Crippen LogP contribution is 2.30. The van der Waals surface area contributed by atoms with Crippen LogP contribution in [0.4, 0.5) is 4.79 Å². The maximum Gasteiger partial charge on any atom is 0.321 e. The van der Waals surface area contributed by atoms with E-state index in [0.717, 1.165) is 43.6 Å². The molecule has 2 saturated heterocycles. The van der Waals surface area contributed by atoms with Gasteiger partial charge >= 0.3 is 6.03 Å². The number of piperazine rings is 1. The maximum absolute atomic E-state index is 13.6. The smallest absolute Gasteiger partial charge is 0.321 e. The minimum Gasteiger partial charge on any atom is -0.326 e. The highest BCUT2D eigenvalue weighted by Gasteiger charge is 2.42. The summed E-state index contributed by atoms with van der Waals surface area (Å²) >= 11 is 0. The Bertz CT molecular complexity index is 908. The molecule has 4 rings (SSSR count). The quantitative estimate of drug-likeness (QED) is 0.430. The fourth-order valence-corrected chi connectivity index (χ4v) is 5.40. The summed E-state index contributed by atoms with van der Waals surface area (Å²) < 4.78 is 0. The van der Waals surface area contributed by atoms with Crippen molar-refractivity contribution in [2.75, 3.05) is 26.2 Å². The van der Waals surface area contributed by atoms with Gasteiger partial charge in [-0.05, 0) is 51.6 Å². The Labute approximate surface area is 196 Å². The Morgan fingerprint density at radius 1 is 1.27 bits per heavy atom. The largest absolute Gasteiger partial charge is 0.326 e. The van der Waals surface area contributed by atoms with Gasteiger partial charge in [0.2, 0.25) is 5.91 Å². The molecule has 0 radical (unpaired) electrons. The number of carbonyl (C=O) groups excluding carboxylic acids is 2. The van der Waals surface area contributed by atoms with E-state index in [9.17, 15) is 9.59 Å². The molecule has 33 heavy (non-hydrogen) atoms. The Morgan fingerprint density at radius 2 is 2.06 bits per heavy atom. The Balaban J connectivity index is 1.41. The normalized spacial score (nSPS) is 29.8. The van der Waals surface area contributed by atoms with Crippen molar-refractivity contribution in [3.63, 3.8) is 0 Å².